The second kappa shape index (κ2) is 10.2. The van der Waals surface area contributed by atoms with Gasteiger partial charge in [-0.3, -0.25) is 4.68 Å². The minimum absolute atomic E-state index is 0.594. The van der Waals surface area contributed by atoms with Crippen molar-refractivity contribution in [3.8, 4) is 0 Å². The van der Waals surface area contributed by atoms with E-state index in [-0.39, 0.29) is 0 Å². The summed E-state index contributed by atoms with van der Waals surface area (Å²) in [4.78, 5) is 0. The highest BCUT2D eigenvalue weighted by Crippen LogP contribution is 2.25. The first kappa shape index (κ1) is 18.5. The van der Waals surface area contributed by atoms with E-state index in [2.05, 4.69) is 35.9 Å². The molecule has 0 aromatic carbocycles. The van der Waals surface area contributed by atoms with E-state index in [0.717, 1.165) is 49.8 Å². The van der Waals surface area contributed by atoms with Gasteiger partial charge in [-0.15, -0.1) is 0 Å². The molecule has 1 unspecified atom stereocenters. The number of aromatic nitrogens is 2. The van der Waals surface area contributed by atoms with E-state index in [9.17, 15) is 0 Å². The van der Waals surface area contributed by atoms with E-state index >= 15 is 0 Å². The Morgan fingerprint density at radius 2 is 2.10 bits per heavy atom. The lowest BCUT2D eigenvalue weighted by atomic mass is 9.97. The lowest BCUT2D eigenvalue weighted by molar-refractivity contribution is 0.197. The molecule has 1 heterocycles. The van der Waals surface area contributed by atoms with E-state index in [1.807, 2.05) is 0 Å². The number of aryl methyl sites for hydroxylation is 2. The van der Waals surface area contributed by atoms with Gasteiger partial charge in [0, 0.05) is 20.2 Å². The number of ether oxygens (including phenoxy) is 1. The number of nitrogens with one attached hydrogen (secondary N) is 1. The zero-order chi connectivity index (χ0) is 15.7. The molecule has 1 aromatic heterocycles. The largest absolute Gasteiger partial charge is 0.383 e. The van der Waals surface area contributed by atoms with Gasteiger partial charge < -0.3 is 10.1 Å². The lowest BCUT2D eigenvalue weighted by Crippen LogP contribution is -2.28. The van der Waals surface area contributed by atoms with Crippen LogP contribution in [-0.2, 0) is 24.1 Å². The highest BCUT2D eigenvalue weighted by molar-refractivity contribution is 6.31. The molecule has 5 heteroatoms. The Balaban J connectivity index is 2.71. The third kappa shape index (κ3) is 5.61. The molecule has 0 saturated carbocycles. The molecule has 0 saturated heterocycles. The van der Waals surface area contributed by atoms with Crippen LogP contribution in [0.5, 0.6) is 0 Å². The fraction of sp³-hybridized carbons (Fsp3) is 0.812. The molecule has 1 N–H and O–H groups in total. The minimum Gasteiger partial charge on any atom is -0.383 e. The molecular weight excluding hydrogens is 286 g/mol. The fourth-order valence-electron chi connectivity index (χ4n) is 2.65. The quantitative estimate of drug-likeness (QED) is 0.637. The minimum atomic E-state index is 0.594. The Kier molecular flexibility index (Phi) is 8.97. The average Bonchev–Trinajstić information content (AvgIpc) is 2.79. The molecule has 0 radical (unpaired) electrons. The van der Waals surface area contributed by atoms with E-state index < -0.39 is 0 Å². The number of hydrogen-bond acceptors (Lipinski definition) is 3. The molecule has 0 aliphatic heterocycles. The number of halogens is 1. The first-order valence-corrected chi connectivity index (χ1v) is 8.49. The average molecular weight is 316 g/mol. The van der Waals surface area contributed by atoms with E-state index in [0.29, 0.717) is 5.92 Å². The zero-order valence-corrected chi connectivity index (χ0v) is 14.7. The van der Waals surface area contributed by atoms with Gasteiger partial charge >= 0.3 is 0 Å². The molecular formula is C16H30ClN3O. The predicted octanol–water partition coefficient (Wildman–Crippen LogP) is 3.31. The number of rotatable bonds is 11. The van der Waals surface area contributed by atoms with Crippen LogP contribution in [0.4, 0.5) is 0 Å². The van der Waals surface area contributed by atoms with Crippen molar-refractivity contribution in [1.29, 1.82) is 0 Å². The maximum absolute atomic E-state index is 6.51. The van der Waals surface area contributed by atoms with Crippen molar-refractivity contribution >= 4 is 11.6 Å². The second-order valence-electron chi connectivity index (χ2n) is 5.43. The normalized spacial score (nSPS) is 12.8. The molecule has 0 fully saturated rings. The standard InChI is InChI=1S/C16H30ClN3O/c1-5-8-13(12-18-9-10-21-4)11-15-16(17)14(6-2)19-20(15)7-3/h13,18H,5-12H2,1-4H3. The van der Waals surface area contributed by atoms with Crippen molar-refractivity contribution in [3.63, 3.8) is 0 Å². The predicted molar refractivity (Wildman–Crippen MR) is 89.1 cm³/mol. The molecule has 1 atom stereocenters. The van der Waals surface area contributed by atoms with Crippen LogP contribution in [0.25, 0.3) is 0 Å². The van der Waals surface area contributed by atoms with Gasteiger partial charge in [0.25, 0.3) is 0 Å². The monoisotopic (exact) mass is 315 g/mol. The summed E-state index contributed by atoms with van der Waals surface area (Å²) in [6.45, 7) is 10.0. The third-order valence-corrected chi connectivity index (χ3v) is 4.23. The van der Waals surface area contributed by atoms with Crippen LogP contribution in [0.3, 0.4) is 0 Å². The first-order chi connectivity index (χ1) is 10.2. The van der Waals surface area contributed by atoms with Crippen molar-refractivity contribution in [2.24, 2.45) is 5.92 Å². The Morgan fingerprint density at radius 3 is 2.67 bits per heavy atom. The molecule has 1 rings (SSSR count). The van der Waals surface area contributed by atoms with Crippen molar-refractivity contribution in [2.75, 3.05) is 26.8 Å². The van der Waals surface area contributed by atoms with Gasteiger partial charge in [-0.2, -0.15) is 5.10 Å². The number of hydrogen-bond donors (Lipinski definition) is 1. The van der Waals surface area contributed by atoms with Gasteiger partial charge in [-0.1, -0.05) is 31.9 Å². The molecule has 0 aliphatic carbocycles. The van der Waals surface area contributed by atoms with Gasteiger partial charge in [-0.25, -0.2) is 0 Å². The fourth-order valence-corrected chi connectivity index (χ4v) is 3.00. The van der Waals surface area contributed by atoms with Gasteiger partial charge in [0.2, 0.25) is 0 Å². The number of methoxy groups -OCH3 is 1. The second-order valence-corrected chi connectivity index (χ2v) is 5.81. The van der Waals surface area contributed by atoms with Crippen LogP contribution in [0.1, 0.15) is 45.0 Å². The molecule has 122 valence electrons. The summed E-state index contributed by atoms with van der Waals surface area (Å²) in [6.07, 6.45) is 4.28. The Bertz CT molecular complexity index is 406. The number of nitrogens with zero attached hydrogens (tertiary/aromatic N) is 2. The lowest BCUT2D eigenvalue weighted by Gasteiger charge is -2.18. The highest BCUT2D eigenvalue weighted by Gasteiger charge is 2.18. The maximum atomic E-state index is 6.51. The SMILES string of the molecule is CCCC(CNCCOC)Cc1c(Cl)c(CC)nn1CC. The van der Waals surface area contributed by atoms with Crippen molar-refractivity contribution in [3.05, 3.63) is 16.4 Å². The van der Waals surface area contributed by atoms with Crippen molar-refractivity contribution in [2.45, 2.75) is 53.0 Å². The van der Waals surface area contributed by atoms with Gasteiger partial charge in [-0.05, 0) is 38.6 Å². The molecule has 0 amide bonds. The summed E-state index contributed by atoms with van der Waals surface area (Å²) < 4.78 is 7.15. The topological polar surface area (TPSA) is 39.1 Å². The van der Waals surface area contributed by atoms with Gasteiger partial charge in [0.15, 0.2) is 0 Å². The Morgan fingerprint density at radius 1 is 1.33 bits per heavy atom. The summed E-state index contributed by atoms with van der Waals surface area (Å²) in [5, 5.41) is 8.96. The first-order valence-electron chi connectivity index (χ1n) is 8.11. The molecule has 0 aliphatic rings. The van der Waals surface area contributed by atoms with Gasteiger partial charge in [0.05, 0.1) is 23.0 Å². The van der Waals surface area contributed by atoms with Crippen LogP contribution < -0.4 is 5.32 Å². The highest BCUT2D eigenvalue weighted by atomic mass is 35.5. The summed E-state index contributed by atoms with van der Waals surface area (Å²) >= 11 is 6.51. The van der Waals surface area contributed by atoms with Crippen LogP contribution in [0.2, 0.25) is 5.02 Å². The molecule has 4 nitrogen and oxygen atoms in total. The van der Waals surface area contributed by atoms with Gasteiger partial charge in [0.1, 0.15) is 0 Å². The zero-order valence-electron chi connectivity index (χ0n) is 13.9. The third-order valence-electron chi connectivity index (χ3n) is 3.79. The molecule has 0 bridgehead atoms. The summed E-state index contributed by atoms with van der Waals surface area (Å²) in [5.41, 5.74) is 2.22. The van der Waals surface area contributed by atoms with E-state index in [1.165, 1.54) is 18.5 Å². The van der Waals surface area contributed by atoms with Crippen molar-refractivity contribution < 1.29 is 4.74 Å². The Labute approximate surface area is 134 Å². The Hall–Kier alpha value is -0.580. The van der Waals surface area contributed by atoms with Crippen molar-refractivity contribution in [1.82, 2.24) is 15.1 Å². The summed E-state index contributed by atoms with van der Waals surface area (Å²) in [5.74, 6) is 0.594. The molecule has 0 spiro atoms. The maximum Gasteiger partial charge on any atom is 0.0849 e. The smallest absolute Gasteiger partial charge is 0.0849 e. The van der Waals surface area contributed by atoms with Crippen LogP contribution in [0.15, 0.2) is 0 Å². The molecule has 21 heavy (non-hydrogen) atoms. The van der Waals surface area contributed by atoms with E-state index in [1.54, 1.807) is 7.11 Å². The van der Waals surface area contributed by atoms with Crippen LogP contribution in [0, 0.1) is 5.92 Å². The summed E-state index contributed by atoms with van der Waals surface area (Å²) in [7, 11) is 1.73. The van der Waals surface area contributed by atoms with Crippen LogP contribution >= 0.6 is 11.6 Å². The molecule has 1 aromatic rings. The van der Waals surface area contributed by atoms with E-state index in [4.69, 9.17) is 16.3 Å². The van der Waals surface area contributed by atoms with Crippen LogP contribution in [-0.4, -0.2) is 36.6 Å². The summed E-state index contributed by atoms with van der Waals surface area (Å²) in [6, 6.07) is 0.